The Morgan fingerprint density at radius 2 is 1.95 bits per heavy atom. The minimum absolute atomic E-state index is 0.494. The van der Waals surface area contributed by atoms with Gasteiger partial charge in [-0.15, -0.1) is 0 Å². The fourth-order valence-electron chi connectivity index (χ4n) is 2.77. The predicted octanol–water partition coefficient (Wildman–Crippen LogP) is 3.62. The minimum atomic E-state index is 0.494. The summed E-state index contributed by atoms with van der Waals surface area (Å²) >= 11 is 0. The number of aryl methyl sites for hydroxylation is 1. The number of nitrogens with zero attached hydrogens (tertiary/aromatic N) is 2. The van der Waals surface area contributed by atoms with E-state index in [0.29, 0.717) is 5.92 Å². The first-order valence-electron chi connectivity index (χ1n) is 7.97. The molecule has 0 radical (unpaired) electrons. The summed E-state index contributed by atoms with van der Waals surface area (Å²) in [5.74, 6) is 0.494. The molecule has 1 aliphatic rings. The summed E-state index contributed by atoms with van der Waals surface area (Å²) in [6.07, 6.45) is 4.70. The molecule has 1 fully saturated rings. The van der Waals surface area contributed by atoms with E-state index >= 15 is 0 Å². The summed E-state index contributed by atoms with van der Waals surface area (Å²) in [6, 6.07) is 9.48. The molecule has 0 unspecified atom stereocenters. The Morgan fingerprint density at radius 1 is 1.24 bits per heavy atom. The molecular weight excluding hydrogens is 258 g/mol. The fraction of sp³-hybridized carbons (Fsp3) is 0.500. The van der Waals surface area contributed by atoms with E-state index in [4.69, 9.17) is 0 Å². The highest BCUT2D eigenvalue weighted by Crippen LogP contribution is 2.23. The van der Waals surface area contributed by atoms with Crippen LogP contribution in [0.1, 0.15) is 55.0 Å². The van der Waals surface area contributed by atoms with E-state index < -0.39 is 0 Å². The van der Waals surface area contributed by atoms with Crippen molar-refractivity contribution in [3.63, 3.8) is 0 Å². The maximum Gasteiger partial charge on any atom is 0.0662 e. The van der Waals surface area contributed by atoms with Crippen LogP contribution in [-0.2, 0) is 13.1 Å². The fourth-order valence-corrected chi connectivity index (χ4v) is 2.77. The largest absolute Gasteiger partial charge is 0.310 e. The lowest BCUT2D eigenvalue weighted by Gasteiger charge is -2.13. The quantitative estimate of drug-likeness (QED) is 0.877. The summed E-state index contributed by atoms with van der Waals surface area (Å²) in [6.45, 7) is 8.44. The van der Waals surface area contributed by atoms with Gasteiger partial charge < -0.3 is 5.32 Å². The lowest BCUT2D eigenvalue weighted by molar-refractivity contribution is 0.606. The maximum absolute atomic E-state index is 4.63. The van der Waals surface area contributed by atoms with Crippen molar-refractivity contribution in [3.05, 3.63) is 52.8 Å². The molecule has 1 aromatic heterocycles. The molecule has 21 heavy (non-hydrogen) atoms. The molecule has 3 rings (SSSR count). The van der Waals surface area contributed by atoms with Crippen LogP contribution in [-0.4, -0.2) is 15.8 Å². The molecule has 1 aliphatic carbocycles. The number of nitrogens with one attached hydrogen (secondary N) is 1. The number of benzene rings is 1. The van der Waals surface area contributed by atoms with Crippen LogP contribution in [0.15, 0.2) is 30.5 Å². The van der Waals surface area contributed by atoms with Gasteiger partial charge in [0.15, 0.2) is 0 Å². The van der Waals surface area contributed by atoms with Gasteiger partial charge in [0.1, 0.15) is 0 Å². The van der Waals surface area contributed by atoms with Gasteiger partial charge >= 0.3 is 0 Å². The molecule has 0 atom stereocenters. The average Bonchev–Trinajstić information content (AvgIpc) is 3.20. The standard InChI is InChI=1S/C18H25N3/c1-13(2)18-16(10-19-17-8-9-17)11-20-21(18)12-15-6-4-14(3)5-7-15/h4-7,11,13,17,19H,8-10,12H2,1-3H3. The van der Waals surface area contributed by atoms with Gasteiger partial charge in [-0.1, -0.05) is 43.7 Å². The molecule has 1 aromatic carbocycles. The van der Waals surface area contributed by atoms with E-state index in [0.717, 1.165) is 19.1 Å². The summed E-state index contributed by atoms with van der Waals surface area (Å²) < 4.78 is 2.17. The normalized spacial score (nSPS) is 14.9. The van der Waals surface area contributed by atoms with E-state index in [2.05, 4.69) is 60.1 Å². The molecule has 0 amide bonds. The van der Waals surface area contributed by atoms with Crippen molar-refractivity contribution in [2.75, 3.05) is 0 Å². The summed E-state index contributed by atoms with van der Waals surface area (Å²) in [7, 11) is 0. The Kier molecular flexibility index (Phi) is 4.11. The highest BCUT2D eigenvalue weighted by Gasteiger charge is 2.22. The van der Waals surface area contributed by atoms with Gasteiger partial charge in [0.05, 0.1) is 12.7 Å². The van der Waals surface area contributed by atoms with Gasteiger partial charge in [0.25, 0.3) is 0 Å². The van der Waals surface area contributed by atoms with Crippen LogP contribution in [0.3, 0.4) is 0 Å². The van der Waals surface area contributed by atoms with Crippen molar-refractivity contribution in [1.29, 1.82) is 0 Å². The van der Waals surface area contributed by atoms with Crippen LogP contribution in [0.5, 0.6) is 0 Å². The number of hydrogen-bond donors (Lipinski definition) is 1. The first-order valence-corrected chi connectivity index (χ1v) is 7.97. The Balaban J connectivity index is 1.78. The molecule has 0 spiro atoms. The number of rotatable bonds is 6. The second kappa shape index (κ2) is 6.02. The topological polar surface area (TPSA) is 29.9 Å². The monoisotopic (exact) mass is 283 g/mol. The van der Waals surface area contributed by atoms with Gasteiger partial charge in [-0.2, -0.15) is 5.10 Å². The third kappa shape index (κ3) is 3.53. The molecule has 3 nitrogen and oxygen atoms in total. The molecule has 1 saturated carbocycles. The lowest BCUT2D eigenvalue weighted by atomic mass is 10.1. The first kappa shape index (κ1) is 14.3. The Hall–Kier alpha value is -1.61. The van der Waals surface area contributed by atoms with Crippen molar-refractivity contribution in [2.24, 2.45) is 0 Å². The Bertz CT molecular complexity index is 591. The molecule has 2 aromatic rings. The van der Waals surface area contributed by atoms with E-state index in [9.17, 15) is 0 Å². The molecule has 0 aliphatic heterocycles. The van der Waals surface area contributed by atoms with Crippen LogP contribution in [0, 0.1) is 6.92 Å². The van der Waals surface area contributed by atoms with Crippen LogP contribution in [0.4, 0.5) is 0 Å². The SMILES string of the molecule is Cc1ccc(Cn2ncc(CNC3CC3)c2C(C)C)cc1. The Morgan fingerprint density at radius 3 is 2.57 bits per heavy atom. The zero-order valence-electron chi connectivity index (χ0n) is 13.3. The van der Waals surface area contributed by atoms with Gasteiger partial charge in [0.2, 0.25) is 0 Å². The smallest absolute Gasteiger partial charge is 0.0662 e. The van der Waals surface area contributed by atoms with Gasteiger partial charge in [0, 0.05) is 23.8 Å². The number of aromatic nitrogens is 2. The van der Waals surface area contributed by atoms with Crippen LogP contribution in [0.2, 0.25) is 0 Å². The van der Waals surface area contributed by atoms with Crippen molar-refractivity contribution in [2.45, 2.75) is 58.7 Å². The molecule has 1 N–H and O–H groups in total. The van der Waals surface area contributed by atoms with Gasteiger partial charge in [-0.3, -0.25) is 4.68 Å². The highest BCUT2D eigenvalue weighted by molar-refractivity contribution is 5.25. The third-order valence-corrected chi connectivity index (χ3v) is 4.12. The van der Waals surface area contributed by atoms with E-state index in [1.807, 2.05) is 6.20 Å². The lowest BCUT2D eigenvalue weighted by Crippen LogP contribution is -2.17. The molecule has 0 bridgehead atoms. The van der Waals surface area contributed by atoms with Gasteiger partial charge in [-0.05, 0) is 31.2 Å². The second-order valence-corrected chi connectivity index (χ2v) is 6.51. The van der Waals surface area contributed by atoms with Crippen LogP contribution < -0.4 is 5.32 Å². The van der Waals surface area contributed by atoms with Gasteiger partial charge in [-0.25, -0.2) is 0 Å². The average molecular weight is 283 g/mol. The summed E-state index contributed by atoms with van der Waals surface area (Å²) in [5, 5.41) is 8.23. The number of hydrogen-bond acceptors (Lipinski definition) is 2. The van der Waals surface area contributed by atoms with Crippen molar-refractivity contribution < 1.29 is 0 Å². The van der Waals surface area contributed by atoms with Crippen molar-refractivity contribution in [1.82, 2.24) is 15.1 Å². The third-order valence-electron chi connectivity index (χ3n) is 4.12. The molecule has 0 saturated heterocycles. The maximum atomic E-state index is 4.63. The summed E-state index contributed by atoms with van der Waals surface area (Å²) in [5.41, 5.74) is 5.33. The zero-order chi connectivity index (χ0) is 14.8. The van der Waals surface area contributed by atoms with Crippen LogP contribution >= 0.6 is 0 Å². The molecule has 112 valence electrons. The van der Waals surface area contributed by atoms with Crippen molar-refractivity contribution >= 4 is 0 Å². The van der Waals surface area contributed by atoms with E-state index in [-0.39, 0.29) is 0 Å². The van der Waals surface area contributed by atoms with Crippen LogP contribution in [0.25, 0.3) is 0 Å². The first-order chi connectivity index (χ1) is 10.1. The van der Waals surface area contributed by atoms with E-state index in [1.165, 1.54) is 35.2 Å². The predicted molar refractivity (Wildman–Crippen MR) is 86.5 cm³/mol. The minimum Gasteiger partial charge on any atom is -0.310 e. The Labute approximate surface area is 127 Å². The van der Waals surface area contributed by atoms with E-state index in [1.54, 1.807) is 0 Å². The molecular formula is C18H25N3. The zero-order valence-corrected chi connectivity index (χ0v) is 13.3. The highest BCUT2D eigenvalue weighted by atomic mass is 15.3. The molecule has 3 heteroatoms. The second-order valence-electron chi connectivity index (χ2n) is 6.51. The van der Waals surface area contributed by atoms with Crippen molar-refractivity contribution in [3.8, 4) is 0 Å². The summed E-state index contributed by atoms with van der Waals surface area (Å²) in [4.78, 5) is 0. The molecule has 1 heterocycles.